The third kappa shape index (κ3) is 4.73. The van der Waals surface area contributed by atoms with Crippen molar-refractivity contribution in [2.24, 2.45) is 0 Å². The highest BCUT2D eigenvalue weighted by atomic mass is 35.5. The molecule has 0 aromatic heterocycles. The maximum absolute atomic E-state index is 12.0. The molecule has 0 spiro atoms. The number of hydrogen-bond acceptors (Lipinski definition) is 2. The molecule has 19 heavy (non-hydrogen) atoms. The molecule has 0 saturated heterocycles. The molecule has 0 unspecified atom stereocenters. The first-order chi connectivity index (χ1) is 8.95. The van der Waals surface area contributed by atoms with Gasteiger partial charge in [0.1, 0.15) is 0 Å². The summed E-state index contributed by atoms with van der Waals surface area (Å²) in [7, 11) is 3.30. The number of rotatable bonds is 5. The Kier molecular flexibility index (Phi) is 6.12. The molecule has 0 radical (unpaired) electrons. The third-order valence-electron chi connectivity index (χ3n) is 2.43. The molecule has 0 aliphatic carbocycles. The van der Waals surface area contributed by atoms with E-state index in [4.69, 9.17) is 23.2 Å². The molecule has 1 aromatic rings. The number of hydrogen-bond donors (Lipinski definition) is 1. The number of carbonyl (C=O) groups is 2. The smallest absolute Gasteiger partial charge is 0.255 e. The number of carbonyl (C=O) groups excluding carboxylic acids is 2. The van der Waals surface area contributed by atoms with Gasteiger partial charge in [0.15, 0.2) is 0 Å². The summed E-state index contributed by atoms with van der Waals surface area (Å²) in [6, 6.07) is 4.78. The average molecular weight is 303 g/mol. The second kappa shape index (κ2) is 7.36. The van der Waals surface area contributed by atoms with E-state index in [9.17, 15) is 9.59 Å². The Balaban J connectivity index is 2.94. The van der Waals surface area contributed by atoms with Gasteiger partial charge in [-0.05, 0) is 24.6 Å². The Morgan fingerprint density at radius 2 is 2.00 bits per heavy atom. The standard InChI is InChI=1S/C13H16Cl2N2O2/c1-17(2)13(19)10-6-5-9(15)8-11(10)16-12(18)4-3-7-14/h5-6,8H,3-4,7H2,1-2H3,(H,16,18). The van der Waals surface area contributed by atoms with Gasteiger partial charge in [0.05, 0.1) is 11.3 Å². The molecule has 4 nitrogen and oxygen atoms in total. The quantitative estimate of drug-likeness (QED) is 0.850. The molecule has 0 saturated carbocycles. The predicted molar refractivity (Wildman–Crippen MR) is 78.1 cm³/mol. The maximum Gasteiger partial charge on any atom is 0.255 e. The highest BCUT2D eigenvalue weighted by Crippen LogP contribution is 2.22. The summed E-state index contributed by atoms with van der Waals surface area (Å²) in [6.07, 6.45) is 0.899. The molecular formula is C13H16Cl2N2O2. The van der Waals surface area contributed by atoms with E-state index in [1.54, 1.807) is 32.3 Å². The molecule has 0 atom stereocenters. The zero-order valence-electron chi connectivity index (χ0n) is 10.9. The fourth-order valence-electron chi connectivity index (χ4n) is 1.49. The van der Waals surface area contributed by atoms with Crippen LogP contribution in [0.4, 0.5) is 5.69 Å². The zero-order chi connectivity index (χ0) is 14.4. The van der Waals surface area contributed by atoms with Crippen LogP contribution in [-0.4, -0.2) is 36.7 Å². The average Bonchev–Trinajstić information content (AvgIpc) is 2.35. The Hall–Kier alpha value is -1.26. The fraction of sp³-hybridized carbons (Fsp3) is 0.385. The van der Waals surface area contributed by atoms with Gasteiger partial charge >= 0.3 is 0 Å². The molecule has 0 bridgehead atoms. The van der Waals surface area contributed by atoms with Crippen LogP contribution < -0.4 is 5.32 Å². The molecule has 6 heteroatoms. The van der Waals surface area contributed by atoms with Gasteiger partial charge in [-0.1, -0.05) is 11.6 Å². The summed E-state index contributed by atoms with van der Waals surface area (Å²) >= 11 is 11.4. The fourth-order valence-corrected chi connectivity index (χ4v) is 1.79. The van der Waals surface area contributed by atoms with Crippen LogP contribution in [0.3, 0.4) is 0 Å². The lowest BCUT2D eigenvalue weighted by Gasteiger charge is -2.15. The minimum Gasteiger partial charge on any atom is -0.345 e. The van der Waals surface area contributed by atoms with Gasteiger partial charge in [-0.2, -0.15) is 0 Å². The lowest BCUT2D eigenvalue weighted by atomic mass is 10.1. The van der Waals surface area contributed by atoms with E-state index in [1.807, 2.05) is 0 Å². The third-order valence-corrected chi connectivity index (χ3v) is 2.93. The number of halogens is 2. The number of amides is 2. The molecule has 0 heterocycles. The van der Waals surface area contributed by atoms with Gasteiger partial charge < -0.3 is 10.2 Å². The Labute approximate surface area is 122 Å². The first-order valence-corrected chi connectivity index (χ1v) is 6.74. The van der Waals surface area contributed by atoms with E-state index in [0.717, 1.165) is 0 Å². The molecular weight excluding hydrogens is 287 g/mol. The van der Waals surface area contributed by atoms with E-state index in [0.29, 0.717) is 35.0 Å². The highest BCUT2D eigenvalue weighted by molar-refractivity contribution is 6.31. The van der Waals surface area contributed by atoms with Crippen molar-refractivity contribution in [3.05, 3.63) is 28.8 Å². The van der Waals surface area contributed by atoms with Crippen molar-refractivity contribution in [2.45, 2.75) is 12.8 Å². The Morgan fingerprint density at radius 1 is 1.32 bits per heavy atom. The molecule has 0 aliphatic rings. The second-order valence-corrected chi connectivity index (χ2v) is 5.04. The number of anilines is 1. The molecule has 0 aliphatic heterocycles. The van der Waals surface area contributed by atoms with Crippen LogP contribution in [0.1, 0.15) is 23.2 Å². The van der Waals surface area contributed by atoms with Crippen LogP contribution in [0, 0.1) is 0 Å². The Bertz CT molecular complexity index is 476. The number of nitrogens with zero attached hydrogens (tertiary/aromatic N) is 1. The van der Waals surface area contributed by atoms with E-state index < -0.39 is 0 Å². The number of alkyl halides is 1. The summed E-state index contributed by atoms with van der Waals surface area (Å²) in [5.41, 5.74) is 0.833. The van der Waals surface area contributed by atoms with E-state index >= 15 is 0 Å². The van der Waals surface area contributed by atoms with Crippen molar-refractivity contribution < 1.29 is 9.59 Å². The van der Waals surface area contributed by atoms with Gasteiger partial charge in [0.2, 0.25) is 5.91 Å². The molecule has 1 N–H and O–H groups in total. The molecule has 104 valence electrons. The lowest BCUT2D eigenvalue weighted by molar-refractivity contribution is -0.116. The number of nitrogens with one attached hydrogen (secondary N) is 1. The van der Waals surface area contributed by atoms with Crippen LogP contribution in [-0.2, 0) is 4.79 Å². The van der Waals surface area contributed by atoms with Crippen molar-refractivity contribution in [3.63, 3.8) is 0 Å². The monoisotopic (exact) mass is 302 g/mol. The van der Waals surface area contributed by atoms with Crippen LogP contribution in [0.15, 0.2) is 18.2 Å². The first kappa shape index (κ1) is 15.8. The first-order valence-electron chi connectivity index (χ1n) is 5.82. The van der Waals surface area contributed by atoms with E-state index in [1.165, 1.54) is 4.90 Å². The van der Waals surface area contributed by atoms with Crippen molar-refractivity contribution in [3.8, 4) is 0 Å². The van der Waals surface area contributed by atoms with Gasteiger partial charge in [0, 0.05) is 31.4 Å². The SMILES string of the molecule is CN(C)C(=O)c1ccc(Cl)cc1NC(=O)CCCCl. The van der Waals surface area contributed by atoms with Crippen molar-refractivity contribution in [1.29, 1.82) is 0 Å². The summed E-state index contributed by atoms with van der Waals surface area (Å²) in [4.78, 5) is 25.1. The summed E-state index contributed by atoms with van der Waals surface area (Å²) in [6.45, 7) is 0. The van der Waals surface area contributed by atoms with Crippen molar-refractivity contribution in [1.82, 2.24) is 4.90 Å². The largest absolute Gasteiger partial charge is 0.345 e. The van der Waals surface area contributed by atoms with Crippen LogP contribution in [0.25, 0.3) is 0 Å². The van der Waals surface area contributed by atoms with Crippen molar-refractivity contribution in [2.75, 3.05) is 25.3 Å². The minimum atomic E-state index is -0.190. The van der Waals surface area contributed by atoms with Gasteiger partial charge in [0.25, 0.3) is 5.91 Å². The normalized spacial score (nSPS) is 10.1. The van der Waals surface area contributed by atoms with Crippen LogP contribution >= 0.6 is 23.2 Å². The predicted octanol–water partition coefficient (Wildman–Crippen LogP) is 3.00. The highest BCUT2D eigenvalue weighted by Gasteiger charge is 2.15. The Morgan fingerprint density at radius 3 is 2.58 bits per heavy atom. The molecule has 1 rings (SSSR count). The number of benzene rings is 1. The minimum absolute atomic E-state index is 0.185. The zero-order valence-corrected chi connectivity index (χ0v) is 12.4. The van der Waals surface area contributed by atoms with Gasteiger partial charge in [-0.3, -0.25) is 9.59 Å². The topological polar surface area (TPSA) is 49.4 Å². The van der Waals surface area contributed by atoms with E-state index in [2.05, 4.69) is 5.32 Å². The summed E-state index contributed by atoms with van der Waals surface area (Å²) < 4.78 is 0. The van der Waals surface area contributed by atoms with E-state index in [-0.39, 0.29) is 11.8 Å². The molecule has 2 amide bonds. The van der Waals surface area contributed by atoms with Crippen molar-refractivity contribution >= 4 is 40.7 Å². The maximum atomic E-state index is 12.0. The lowest BCUT2D eigenvalue weighted by Crippen LogP contribution is -2.24. The van der Waals surface area contributed by atoms with Crippen LogP contribution in [0.5, 0.6) is 0 Å². The van der Waals surface area contributed by atoms with Crippen LogP contribution in [0.2, 0.25) is 5.02 Å². The molecule has 1 aromatic carbocycles. The molecule has 0 fully saturated rings. The van der Waals surface area contributed by atoms with Gasteiger partial charge in [-0.25, -0.2) is 0 Å². The second-order valence-electron chi connectivity index (χ2n) is 4.23. The van der Waals surface area contributed by atoms with Gasteiger partial charge in [-0.15, -0.1) is 11.6 Å². The summed E-state index contributed by atoms with van der Waals surface area (Å²) in [5, 5.41) is 3.15. The summed E-state index contributed by atoms with van der Waals surface area (Å²) in [5.74, 6) is 0.0481.